The van der Waals surface area contributed by atoms with Crippen LogP contribution >= 0.6 is 15.9 Å². The third kappa shape index (κ3) is 3.56. The number of carboxylic acids is 1. The molecule has 0 bridgehead atoms. The largest absolute Gasteiger partial charge is 0.481 e. The minimum absolute atomic E-state index is 0.148. The average molecular weight is 326 g/mol. The highest BCUT2D eigenvalue weighted by Gasteiger charge is 2.37. The number of carbonyl (C=O) groups is 2. The molecular weight excluding hydrogens is 310 g/mol. The molecule has 1 saturated carbocycles. The number of carboxylic acid groups (broad SMARTS) is 1. The highest BCUT2D eigenvalue weighted by atomic mass is 79.9. The maximum Gasteiger partial charge on any atom is 0.307 e. The summed E-state index contributed by atoms with van der Waals surface area (Å²) in [5.41, 5.74) is 0.993. The van der Waals surface area contributed by atoms with E-state index in [1.807, 2.05) is 24.3 Å². The standard InChI is InChI=1S/C14H16BrNO3/c15-10-4-1-3-9(7-10)8-16-13(17)11-5-2-6-12(11)14(18)19/h1,3-4,7,11-12H,2,5-6,8H2,(H,16,17)(H,18,19)/t11-,12+/m1/s1. The summed E-state index contributed by atoms with van der Waals surface area (Å²) in [5, 5.41) is 11.9. The lowest BCUT2D eigenvalue weighted by Crippen LogP contribution is -2.34. The van der Waals surface area contributed by atoms with Crippen molar-refractivity contribution >= 4 is 27.8 Å². The molecular formula is C14H16BrNO3. The number of halogens is 1. The van der Waals surface area contributed by atoms with Crippen molar-refractivity contribution in [2.24, 2.45) is 11.8 Å². The fourth-order valence-electron chi connectivity index (χ4n) is 2.54. The predicted molar refractivity (Wildman–Crippen MR) is 74.5 cm³/mol. The molecule has 4 nitrogen and oxygen atoms in total. The van der Waals surface area contributed by atoms with E-state index in [1.165, 1.54) is 0 Å². The van der Waals surface area contributed by atoms with Gasteiger partial charge in [-0.2, -0.15) is 0 Å². The van der Waals surface area contributed by atoms with Gasteiger partial charge in [0.05, 0.1) is 11.8 Å². The van der Waals surface area contributed by atoms with Gasteiger partial charge >= 0.3 is 5.97 Å². The summed E-state index contributed by atoms with van der Waals surface area (Å²) in [7, 11) is 0. The van der Waals surface area contributed by atoms with Crippen molar-refractivity contribution in [2.75, 3.05) is 0 Å². The Labute approximate surface area is 120 Å². The van der Waals surface area contributed by atoms with E-state index >= 15 is 0 Å². The topological polar surface area (TPSA) is 66.4 Å². The number of amides is 1. The Morgan fingerprint density at radius 2 is 2.05 bits per heavy atom. The van der Waals surface area contributed by atoms with Gasteiger partial charge in [-0.05, 0) is 30.5 Å². The van der Waals surface area contributed by atoms with Crippen LogP contribution < -0.4 is 5.32 Å². The van der Waals surface area contributed by atoms with Crippen LogP contribution in [0.3, 0.4) is 0 Å². The highest BCUT2D eigenvalue weighted by Crippen LogP contribution is 2.32. The molecule has 0 radical (unpaired) electrons. The Kier molecular flexibility index (Phi) is 4.58. The fraction of sp³-hybridized carbons (Fsp3) is 0.429. The molecule has 5 heteroatoms. The molecule has 0 unspecified atom stereocenters. The van der Waals surface area contributed by atoms with Crippen LogP contribution in [0.15, 0.2) is 28.7 Å². The second-order valence-corrected chi connectivity index (χ2v) is 5.75. The minimum Gasteiger partial charge on any atom is -0.481 e. The second kappa shape index (κ2) is 6.19. The lowest BCUT2D eigenvalue weighted by Gasteiger charge is -2.15. The summed E-state index contributed by atoms with van der Waals surface area (Å²) in [6.07, 6.45) is 2.08. The molecule has 2 atom stereocenters. The zero-order chi connectivity index (χ0) is 13.8. The van der Waals surface area contributed by atoms with Crippen LogP contribution in [-0.2, 0) is 16.1 Å². The van der Waals surface area contributed by atoms with Gasteiger partial charge in [0.1, 0.15) is 0 Å². The van der Waals surface area contributed by atoms with Gasteiger partial charge in [0.2, 0.25) is 5.91 Å². The molecule has 2 rings (SSSR count). The summed E-state index contributed by atoms with van der Waals surface area (Å²) in [4.78, 5) is 23.1. The van der Waals surface area contributed by atoms with Crippen molar-refractivity contribution in [1.82, 2.24) is 5.32 Å². The van der Waals surface area contributed by atoms with Crippen molar-refractivity contribution in [2.45, 2.75) is 25.8 Å². The Morgan fingerprint density at radius 3 is 2.74 bits per heavy atom. The summed E-state index contributed by atoms with van der Waals surface area (Å²) < 4.78 is 0.962. The number of hydrogen-bond donors (Lipinski definition) is 2. The summed E-state index contributed by atoms with van der Waals surface area (Å²) in [6, 6.07) is 7.68. The summed E-state index contributed by atoms with van der Waals surface area (Å²) in [6.45, 7) is 0.432. The maximum atomic E-state index is 12.0. The first-order valence-electron chi connectivity index (χ1n) is 6.33. The molecule has 102 valence electrons. The van der Waals surface area contributed by atoms with Crippen LogP contribution in [0.4, 0.5) is 0 Å². The van der Waals surface area contributed by atoms with Gasteiger partial charge in [0.25, 0.3) is 0 Å². The Morgan fingerprint density at radius 1 is 1.32 bits per heavy atom. The second-order valence-electron chi connectivity index (χ2n) is 4.83. The molecule has 0 aromatic heterocycles. The van der Waals surface area contributed by atoms with Crippen LogP contribution in [0, 0.1) is 11.8 Å². The molecule has 1 aliphatic rings. The molecule has 0 spiro atoms. The van der Waals surface area contributed by atoms with Crippen molar-refractivity contribution in [3.63, 3.8) is 0 Å². The Balaban J connectivity index is 1.92. The lowest BCUT2D eigenvalue weighted by molar-refractivity contribution is -0.146. The molecule has 1 aromatic rings. The third-order valence-corrected chi connectivity index (χ3v) is 4.02. The number of benzene rings is 1. The maximum absolute atomic E-state index is 12.0. The van der Waals surface area contributed by atoms with Crippen molar-refractivity contribution in [1.29, 1.82) is 0 Å². The van der Waals surface area contributed by atoms with Gasteiger partial charge in [0, 0.05) is 11.0 Å². The SMILES string of the molecule is O=C(O)[C@H]1CCC[C@H]1C(=O)NCc1cccc(Br)c1. The number of nitrogens with one attached hydrogen (secondary N) is 1. The zero-order valence-corrected chi connectivity index (χ0v) is 12.0. The average Bonchev–Trinajstić information content (AvgIpc) is 2.85. The van der Waals surface area contributed by atoms with E-state index in [-0.39, 0.29) is 11.8 Å². The van der Waals surface area contributed by atoms with Crippen molar-refractivity contribution in [3.8, 4) is 0 Å². The zero-order valence-electron chi connectivity index (χ0n) is 10.4. The monoisotopic (exact) mass is 325 g/mol. The lowest BCUT2D eigenvalue weighted by atomic mass is 9.95. The van der Waals surface area contributed by atoms with Crippen LogP contribution in [0.5, 0.6) is 0 Å². The Hall–Kier alpha value is -1.36. The van der Waals surface area contributed by atoms with Gasteiger partial charge in [-0.15, -0.1) is 0 Å². The van der Waals surface area contributed by atoms with E-state index in [0.717, 1.165) is 16.5 Å². The smallest absolute Gasteiger partial charge is 0.307 e. The number of rotatable bonds is 4. The van der Waals surface area contributed by atoms with E-state index in [9.17, 15) is 9.59 Å². The molecule has 0 heterocycles. The summed E-state index contributed by atoms with van der Waals surface area (Å²) in [5.74, 6) is -1.92. The van der Waals surface area contributed by atoms with Gasteiger partial charge in [0.15, 0.2) is 0 Å². The molecule has 1 aromatic carbocycles. The van der Waals surface area contributed by atoms with E-state index in [2.05, 4.69) is 21.2 Å². The number of carbonyl (C=O) groups excluding carboxylic acids is 1. The van der Waals surface area contributed by atoms with Crippen molar-refractivity contribution in [3.05, 3.63) is 34.3 Å². The highest BCUT2D eigenvalue weighted by molar-refractivity contribution is 9.10. The third-order valence-electron chi connectivity index (χ3n) is 3.53. The van der Waals surface area contributed by atoms with E-state index in [0.29, 0.717) is 19.4 Å². The molecule has 0 saturated heterocycles. The van der Waals surface area contributed by atoms with Gasteiger partial charge < -0.3 is 10.4 Å². The van der Waals surface area contributed by atoms with E-state index in [1.54, 1.807) is 0 Å². The van der Waals surface area contributed by atoms with Crippen molar-refractivity contribution < 1.29 is 14.7 Å². The first-order valence-corrected chi connectivity index (χ1v) is 7.12. The van der Waals surface area contributed by atoms with Crippen LogP contribution in [0.1, 0.15) is 24.8 Å². The van der Waals surface area contributed by atoms with Crippen LogP contribution in [0.2, 0.25) is 0 Å². The van der Waals surface area contributed by atoms with E-state index < -0.39 is 11.9 Å². The number of aliphatic carboxylic acids is 1. The number of hydrogen-bond acceptors (Lipinski definition) is 2. The van der Waals surface area contributed by atoms with Crippen LogP contribution in [-0.4, -0.2) is 17.0 Å². The van der Waals surface area contributed by atoms with E-state index in [4.69, 9.17) is 5.11 Å². The molecule has 1 aliphatic carbocycles. The van der Waals surface area contributed by atoms with Gasteiger partial charge in [-0.1, -0.05) is 34.5 Å². The quantitative estimate of drug-likeness (QED) is 0.894. The van der Waals surface area contributed by atoms with Gasteiger partial charge in [-0.3, -0.25) is 9.59 Å². The van der Waals surface area contributed by atoms with Crippen LogP contribution in [0.25, 0.3) is 0 Å². The Bertz CT molecular complexity index is 489. The molecule has 2 N–H and O–H groups in total. The normalized spacial score (nSPS) is 22.2. The fourth-order valence-corrected chi connectivity index (χ4v) is 2.98. The predicted octanol–water partition coefficient (Wildman–Crippen LogP) is 2.57. The molecule has 0 aliphatic heterocycles. The molecule has 19 heavy (non-hydrogen) atoms. The molecule has 1 fully saturated rings. The first-order chi connectivity index (χ1) is 9.08. The summed E-state index contributed by atoms with van der Waals surface area (Å²) >= 11 is 3.37. The minimum atomic E-state index is -0.861. The van der Waals surface area contributed by atoms with Gasteiger partial charge in [-0.25, -0.2) is 0 Å². The first kappa shape index (κ1) is 14.1. The molecule has 1 amide bonds.